The summed E-state index contributed by atoms with van der Waals surface area (Å²) in [5.74, 6) is -1.33. The minimum atomic E-state index is -0.414. The van der Waals surface area contributed by atoms with Crippen molar-refractivity contribution >= 4 is 23.6 Å². The van der Waals surface area contributed by atoms with E-state index in [0.717, 1.165) is 11.1 Å². The first-order valence-corrected chi connectivity index (χ1v) is 10.7. The number of carbonyl (C=O) groups is 4. The Morgan fingerprint density at radius 1 is 0.727 bits per heavy atom. The van der Waals surface area contributed by atoms with E-state index in [-0.39, 0.29) is 41.9 Å². The number of hydrogen-bond donors (Lipinski definition) is 2. The van der Waals surface area contributed by atoms with Gasteiger partial charge in [0.15, 0.2) is 0 Å². The summed E-state index contributed by atoms with van der Waals surface area (Å²) in [4.78, 5) is 51.5. The van der Waals surface area contributed by atoms with Gasteiger partial charge in [0.25, 0.3) is 23.6 Å². The normalized spacial score (nSPS) is 12.5. The minimum Gasteiger partial charge on any atom is -0.352 e. The summed E-state index contributed by atoms with van der Waals surface area (Å²) in [6, 6.07) is 20.8. The second kappa shape index (κ2) is 9.48. The molecule has 7 nitrogen and oxygen atoms in total. The Bertz CT molecular complexity index is 1240. The third-order valence-electron chi connectivity index (χ3n) is 5.40. The molecule has 0 spiro atoms. The Hall–Kier alpha value is -4.26. The third-order valence-corrected chi connectivity index (χ3v) is 5.40. The molecule has 1 heterocycles. The molecule has 3 aromatic carbocycles. The van der Waals surface area contributed by atoms with Gasteiger partial charge in [0.1, 0.15) is 0 Å². The molecule has 0 aliphatic carbocycles. The Morgan fingerprint density at radius 3 is 2.15 bits per heavy atom. The predicted molar refractivity (Wildman–Crippen MR) is 123 cm³/mol. The highest BCUT2D eigenvalue weighted by Gasteiger charge is 2.35. The van der Waals surface area contributed by atoms with Gasteiger partial charge in [-0.2, -0.15) is 0 Å². The topological polar surface area (TPSA) is 95.6 Å². The molecule has 4 amide bonds. The van der Waals surface area contributed by atoms with Gasteiger partial charge < -0.3 is 10.6 Å². The van der Waals surface area contributed by atoms with Crippen molar-refractivity contribution in [3.8, 4) is 0 Å². The minimum absolute atomic E-state index is 0.174. The van der Waals surface area contributed by atoms with Gasteiger partial charge in [-0.05, 0) is 48.4 Å². The molecule has 2 N–H and O–H groups in total. The van der Waals surface area contributed by atoms with Crippen LogP contribution in [0.3, 0.4) is 0 Å². The SMILES string of the molecule is CCNC(=O)c1cccc(CNC(=O)c2ccc3c(c2)C(=O)N(Cc2ccccc2)C3=O)c1. The number of benzene rings is 3. The molecule has 166 valence electrons. The zero-order valence-corrected chi connectivity index (χ0v) is 18.1. The fourth-order valence-electron chi connectivity index (χ4n) is 3.71. The molecule has 0 unspecified atom stereocenters. The number of nitrogens with one attached hydrogen (secondary N) is 2. The number of hydrogen-bond acceptors (Lipinski definition) is 4. The second-order valence-electron chi connectivity index (χ2n) is 7.68. The lowest BCUT2D eigenvalue weighted by atomic mass is 10.0. The summed E-state index contributed by atoms with van der Waals surface area (Å²) in [6.07, 6.45) is 0. The number of imide groups is 1. The van der Waals surface area contributed by atoms with E-state index in [1.165, 1.54) is 23.1 Å². The van der Waals surface area contributed by atoms with Crippen LogP contribution in [-0.2, 0) is 13.1 Å². The average Bonchev–Trinajstić information content (AvgIpc) is 3.08. The molecule has 1 aliphatic rings. The van der Waals surface area contributed by atoms with Crippen molar-refractivity contribution in [1.82, 2.24) is 15.5 Å². The summed E-state index contributed by atoms with van der Waals surface area (Å²) < 4.78 is 0. The fraction of sp³-hybridized carbons (Fsp3) is 0.154. The number of nitrogens with zero attached hydrogens (tertiary/aromatic N) is 1. The molecule has 0 radical (unpaired) electrons. The molecule has 0 bridgehead atoms. The van der Waals surface area contributed by atoms with Gasteiger partial charge in [-0.25, -0.2) is 0 Å². The van der Waals surface area contributed by atoms with Gasteiger partial charge in [0.05, 0.1) is 17.7 Å². The van der Waals surface area contributed by atoms with E-state index in [0.29, 0.717) is 17.7 Å². The Kier molecular flexibility index (Phi) is 6.31. The van der Waals surface area contributed by atoms with Gasteiger partial charge in [-0.3, -0.25) is 24.1 Å². The first-order chi connectivity index (χ1) is 16.0. The van der Waals surface area contributed by atoms with Crippen LogP contribution in [-0.4, -0.2) is 35.1 Å². The van der Waals surface area contributed by atoms with Crippen LogP contribution < -0.4 is 10.6 Å². The Labute approximate surface area is 191 Å². The van der Waals surface area contributed by atoms with Crippen LogP contribution in [0.2, 0.25) is 0 Å². The maximum absolute atomic E-state index is 12.9. The van der Waals surface area contributed by atoms with Gasteiger partial charge >= 0.3 is 0 Å². The lowest BCUT2D eigenvalue weighted by molar-refractivity contribution is 0.0641. The van der Waals surface area contributed by atoms with Crippen LogP contribution in [0, 0.1) is 0 Å². The molecule has 0 fully saturated rings. The molecule has 0 atom stereocenters. The van der Waals surface area contributed by atoms with Crippen LogP contribution in [0.5, 0.6) is 0 Å². The number of rotatable bonds is 7. The van der Waals surface area contributed by atoms with Crippen molar-refractivity contribution in [3.63, 3.8) is 0 Å². The van der Waals surface area contributed by atoms with Crippen molar-refractivity contribution in [2.75, 3.05) is 6.54 Å². The number of fused-ring (bicyclic) bond motifs is 1. The number of amides is 4. The van der Waals surface area contributed by atoms with Crippen molar-refractivity contribution in [1.29, 1.82) is 0 Å². The highest BCUT2D eigenvalue weighted by molar-refractivity contribution is 6.22. The van der Waals surface area contributed by atoms with Crippen LogP contribution in [0.4, 0.5) is 0 Å². The van der Waals surface area contributed by atoms with E-state index in [2.05, 4.69) is 10.6 Å². The molecule has 4 rings (SSSR count). The molecule has 1 aliphatic heterocycles. The zero-order valence-electron chi connectivity index (χ0n) is 18.1. The largest absolute Gasteiger partial charge is 0.352 e. The van der Waals surface area contributed by atoms with E-state index < -0.39 is 5.91 Å². The quantitative estimate of drug-likeness (QED) is 0.551. The summed E-state index contributed by atoms with van der Waals surface area (Å²) in [5.41, 5.74) is 2.94. The summed E-state index contributed by atoms with van der Waals surface area (Å²) in [7, 11) is 0. The standard InChI is InChI=1S/C26H23N3O4/c1-2-27-23(30)19-10-6-9-18(13-19)15-28-24(31)20-11-12-21-22(14-20)26(33)29(25(21)32)16-17-7-4-3-5-8-17/h3-14H,2,15-16H2,1H3,(H,27,30)(H,28,31). The van der Waals surface area contributed by atoms with E-state index in [9.17, 15) is 19.2 Å². The monoisotopic (exact) mass is 441 g/mol. The van der Waals surface area contributed by atoms with Gasteiger partial charge in [0.2, 0.25) is 0 Å². The molecular formula is C26H23N3O4. The lowest BCUT2D eigenvalue weighted by Crippen LogP contribution is -2.29. The van der Waals surface area contributed by atoms with Crippen molar-refractivity contribution < 1.29 is 19.2 Å². The first kappa shape index (κ1) is 22.0. The highest BCUT2D eigenvalue weighted by atomic mass is 16.2. The number of carbonyl (C=O) groups excluding carboxylic acids is 4. The summed E-state index contributed by atoms with van der Waals surface area (Å²) in [6.45, 7) is 2.77. The molecule has 7 heteroatoms. The first-order valence-electron chi connectivity index (χ1n) is 10.7. The summed E-state index contributed by atoms with van der Waals surface area (Å²) in [5, 5.41) is 5.54. The molecule has 33 heavy (non-hydrogen) atoms. The molecule has 0 saturated heterocycles. The van der Waals surface area contributed by atoms with Gasteiger partial charge in [0, 0.05) is 24.2 Å². The second-order valence-corrected chi connectivity index (χ2v) is 7.68. The molecular weight excluding hydrogens is 418 g/mol. The maximum Gasteiger partial charge on any atom is 0.261 e. The van der Waals surface area contributed by atoms with Crippen LogP contribution >= 0.6 is 0 Å². The van der Waals surface area contributed by atoms with E-state index in [4.69, 9.17) is 0 Å². The van der Waals surface area contributed by atoms with Crippen molar-refractivity contribution in [2.24, 2.45) is 0 Å². The Morgan fingerprint density at radius 2 is 1.39 bits per heavy atom. The zero-order chi connectivity index (χ0) is 23.4. The van der Waals surface area contributed by atoms with Crippen LogP contribution in [0.25, 0.3) is 0 Å². The average molecular weight is 441 g/mol. The summed E-state index contributed by atoms with van der Waals surface area (Å²) >= 11 is 0. The van der Waals surface area contributed by atoms with E-state index >= 15 is 0 Å². The molecule has 3 aromatic rings. The van der Waals surface area contributed by atoms with Crippen LogP contribution in [0.15, 0.2) is 72.8 Å². The third kappa shape index (κ3) is 4.67. The van der Waals surface area contributed by atoms with Crippen LogP contribution in [0.1, 0.15) is 59.5 Å². The van der Waals surface area contributed by atoms with Gasteiger partial charge in [-0.15, -0.1) is 0 Å². The molecule has 0 aromatic heterocycles. The lowest BCUT2D eigenvalue weighted by Gasteiger charge is -2.13. The van der Waals surface area contributed by atoms with E-state index in [1.807, 2.05) is 43.3 Å². The van der Waals surface area contributed by atoms with E-state index in [1.54, 1.807) is 18.2 Å². The smallest absolute Gasteiger partial charge is 0.261 e. The maximum atomic E-state index is 12.9. The fourth-order valence-corrected chi connectivity index (χ4v) is 3.71. The van der Waals surface area contributed by atoms with Gasteiger partial charge in [-0.1, -0.05) is 42.5 Å². The predicted octanol–water partition coefficient (Wildman–Crippen LogP) is 3.16. The van der Waals surface area contributed by atoms with Crippen molar-refractivity contribution in [3.05, 3.63) is 106 Å². The highest BCUT2D eigenvalue weighted by Crippen LogP contribution is 2.25. The van der Waals surface area contributed by atoms with Crippen molar-refractivity contribution in [2.45, 2.75) is 20.0 Å². The Balaban J connectivity index is 1.45. The molecule has 0 saturated carbocycles.